The lowest BCUT2D eigenvalue weighted by Gasteiger charge is -2.30. The second-order valence-corrected chi connectivity index (χ2v) is 8.66. The molecule has 1 spiro atoms. The number of imide groups is 1. The molecule has 156 valence electrons. The van der Waals surface area contributed by atoms with Gasteiger partial charge in [0.05, 0.1) is 25.0 Å². The van der Waals surface area contributed by atoms with Gasteiger partial charge >= 0.3 is 0 Å². The van der Waals surface area contributed by atoms with E-state index in [0.29, 0.717) is 5.92 Å². The first kappa shape index (κ1) is 20.0. The molecule has 29 heavy (non-hydrogen) atoms. The van der Waals surface area contributed by atoms with Gasteiger partial charge in [0.1, 0.15) is 5.54 Å². The van der Waals surface area contributed by atoms with Crippen molar-refractivity contribution in [3.8, 4) is 0 Å². The molecule has 1 aromatic carbocycles. The van der Waals surface area contributed by atoms with Gasteiger partial charge in [-0.3, -0.25) is 24.6 Å². The van der Waals surface area contributed by atoms with Crippen LogP contribution in [0.2, 0.25) is 0 Å². The minimum atomic E-state index is -1.20. The molecule has 7 heteroatoms. The van der Waals surface area contributed by atoms with E-state index < -0.39 is 17.4 Å². The number of likely N-dealkylation sites (tertiary alicyclic amines) is 1. The van der Waals surface area contributed by atoms with Gasteiger partial charge in [0.2, 0.25) is 17.7 Å². The van der Waals surface area contributed by atoms with E-state index in [4.69, 9.17) is 4.74 Å². The number of ether oxygens (including phenoxy) is 1. The van der Waals surface area contributed by atoms with Gasteiger partial charge in [-0.2, -0.15) is 0 Å². The SMILES string of the molecule is CCc1cccc2c1NC(=O)C21NC(CC(C)C)[C@@H]2C(=O)N(CCOC)C(=O)[C@@H]21. The van der Waals surface area contributed by atoms with E-state index in [2.05, 4.69) is 24.5 Å². The Kier molecular flexibility index (Phi) is 4.99. The predicted octanol–water partition coefficient (Wildman–Crippen LogP) is 1.66. The molecule has 2 fully saturated rings. The van der Waals surface area contributed by atoms with Crippen molar-refractivity contribution in [2.24, 2.45) is 17.8 Å². The third-order valence-corrected chi connectivity index (χ3v) is 6.55. The zero-order chi connectivity index (χ0) is 20.9. The highest BCUT2D eigenvalue weighted by Crippen LogP contribution is 2.54. The topological polar surface area (TPSA) is 87.7 Å². The molecule has 0 bridgehead atoms. The Morgan fingerprint density at radius 3 is 2.62 bits per heavy atom. The maximum absolute atomic E-state index is 13.4. The molecule has 0 aromatic heterocycles. The van der Waals surface area contributed by atoms with Gasteiger partial charge in [0.25, 0.3) is 0 Å². The van der Waals surface area contributed by atoms with Crippen LogP contribution >= 0.6 is 0 Å². The van der Waals surface area contributed by atoms with Crippen LogP contribution in [0.3, 0.4) is 0 Å². The lowest BCUT2D eigenvalue weighted by Crippen LogP contribution is -2.53. The van der Waals surface area contributed by atoms with E-state index >= 15 is 0 Å². The second-order valence-electron chi connectivity index (χ2n) is 8.66. The third kappa shape index (κ3) is 2.74. The maximum atomic E-state index is 13.4. The van der Waals surface area contributed by atoms with E-state index in [1.54, 1.807) is 7.11 Å². The fourth-order valence-electron chi connectivity index (χ4n) is 5.36. The molecule has 4 rings (SSSR count). The number of fused-ring (bicyclic) bond motifs is 4. The maximum Gasteiger partial charge on any atom is 0.250 e. The quantitative estimate of drug-likeness (QED) is 0.711. The molecule has 2 unspecified atom stereocenters. The zero-order valence-electron chi connectivity index (χ0n) is 17.5. The fourth-order valence-corrected chi connectivity index (χ4v) is 5.36. The number of nitrogens with zero attached hydrogens (tertiary/aromatic N) is 1. The molecule has 3 amide bonds. The van der Waals surface area contributed by atoms with Crippen LogP contribution in [0.5, 0.6) is 0 Å². The van der Waals surface area contributed by atoms with E-state index in [1.165, 1.54) is 4.90 Å². The van der Waals surface area contributed by atoms with Crippen molar-refractivity contribution in [1.29, 1.82) is 0 Å². The van der Waals surface area contributed by atoms with E-state index in [1.807, 2.05) is 25.1 Å². The summed E-state index contributed by atoms with van der Waals surface area (Å²) in [5.74, 6) is -1.65. The smallest absolute Gasteiger partial charge is 0.250 e. The molecule has 3 aliphatic rings. The van der Waals surface area contributed by atoms with Gasteiger partial charge in [-0.25, -0.2) is 0 Å². The van der Waals surface area contributed by atoms with Crippen LogP contribution in [0.1, 0.15) is 38.3 Å². The summed E-state index contributed by atoms with van der Waals surface area (Å²) in [5.41, 5.74) is 1.41. The van der Waals surface area contributed by atoms with Gasteiger partial charge in [-0.1, -0.05) is 39.0 Å². The molecule has 2 N–H and O–H groups in total. The summed E-state index contributed by atoms with van der Waals surface area (Å²) in [6, 6.07) is 5.59. The van der Waals surface area contributed by atoms with Crippen LogP contribution in [-0.2, 0) is 31.1 Å². The standard InChI is InChI=1S/C22H29N3O4/c1-5-13-7-6-8-14-18(13)23-21(28)22(14)17-16(15(24-22)11-12(2)3)19(26)25(20(17)27)9-10-29-4/h6-8,12,15-17,24H,5,9-11H2,1-4H3,(H,23,28)/t15?,16-,17+,22?/m0/s1. The van der Waals surface area contributed by atoms with Crippen LogP contribution in [0.4, 0.5) is 5.69 Å². The average molecular weight is 399 g/mol. The molecule has 3 heterocycles. The number of hydrogen-bond acceptors (Lipinski definition) is 5. The highest BCUT2D eigenvalue weighted by Gasteiger charge is 2.70. The average Bonchev–Trinajstić information content (AvgIpc) is 3.25. The molecule has 4 atom stereocenters. The molecule has 2 saturated heterocycles. The third-order valence-electron chi connectivity index (χ3n) is 6.55. The van der Waals surface area contributed by atoms with Gasteiger partial charge in [-0.15, -0.1) is 0 Å². The molecule has 0 saturated carbocycles. The fraction of sp³-hybridized carbons (Fsp3) is 0.591. The summed E-state index contributed by atoms with van der Waals surface area (Å²) in [7, 11) is 1.55. The summed E-state index contributed by atoms with van der Waals surface area (Å²) in [6.07, 6.45) is 1.49. The molecular weight excluding hydrogens is 370 g/mol. The van der Waals surface area contributed by atoms with Crippen LogP contribution in [0.25, 0.3) is 0 Å². The lowest BCUT2D eigenvalue weighted by molar-refractivity contribution is -0.143. The first-order valence-electron chi connectivity index (χ1n) is 10.4. The minimum absolute atomic E-state index is 0.194. The number of aryl methyl sites for hydroxylation is 1. The molecular formula is C22H29N3O4. The van der Waals surface area contributed by atoms with Crippen molar-refractivity contribution < 1.29 is 19.1 Å². The lowest BCUT2D eigenvalue weighted by atomic mass is 9.76. The number of benzene rings is 1. The molecule has 7 nitrogen and oxygen atoms in total. The monoisotopic (exact) mass is 399 g/mol. The Morgan fingerprint density at radius 1 is 1.21 bits per heavy atom. The van der Waals surface area contributed by atoms with Gasteiger partial charge in [0.15, 0.2) is 0 Å². The van der Waals surface area contributed by atoms with E-state index in [0.717, 1.165) is 29.7 Å². The Bertz CT molecular complexity index is 868. The summed E-state index contributed by atoms with van der Waals surface area (Å²) in [4.78, 5) is 41.4. The number of nitrogens with one attached hydrogen (secondary N) is 2. The Hall–Kier alpha value is -2.25. The van der Waals surface area contributed by atoms with Gasteiger partial charge < -0.3 is 10.1 Å². The molecule has 1 aromatic rings. The largest absolute Gasteiger partial charge is 0.383 e. The minimum Gasteiger partial charge on any atom is -0.383 e. The summed E-state index contributed by atoms with van der Waals surface area (Å²) in [6.45, 7) is 6.72. The second kappa shape index (κ2) is 7.22. The number of amides is 3. The zero-order valence-corrected chi connectivity index (χ0v) is 17.5. The Balaban J connectivity index is 1.84. The van der Waals surface area contributed by atoms with Crippen molar-refractivity contribution in [3.05, 3.63) is 29.3 Å². The molecule has 0 radical (unpaired) electrons. The van der Waals surface area contributed by atoms with Crippen LogP contribution in [0.15, 0.2) is 18.2 Å². The Labute approximate surface area is 171 Å². The molecule has 3 aliphatic heterocycles. The number of anilines is 1. The summed E-state index contributed by atoms with van der Waals surface area (Å²) < 4.78 is 5.10. The number of hydrogen-bond donors (Lipinski definition) is 2. The van der Waals surface area contributed by atoms with E-state index in [-0.39, 0.29) is 36.9 Å². The Morgan fingerprint density at radius 2 is 1.97 bits per heavy atom. The van der Waals surface area contributed by atoms with Crippen molar-refractivity contribution in [2.75, 3.05) is 25.6 Å². The highest BCUT2D eigenvalue weighted by atomic mass is 16.5. The number of rotatable bonds is 6. The summed E-state index contributed by atoms with van der Waals surface area (Å²) in [5, 5.41) is 6.50. The van der Waals surface area contributed by atoms with Gasteiger partial charge in [0, 0.05) is 24.4 Å². The summed E-state index contributed by atoms with van der Waals surface area (Å²) >= 11 is 0. The first-order valence-corrected chi connectivity index (χ1v) is 10.4. The number of carbonyl (C=O) groups excluding carboxylic acids is 3. The van der Waals surface area contributed by atoms with Crippen molar-refractivity contribution in [2.45, 2.75) is 45.2 Å². The number of methoxy groups -OCH3 is 1. The number of carbonyl (C=O) groups is 3. The van der Waals surface area contributed by atoms with Crippen LogP contribution < -0.4 is 10.6 Å². The highest BCUT2D eigenvalue weighted by molar-refractivity contribution is 6.15. The number of para-hydroxylation sites is 1. The van der Waals surface area contributed by atoms with Crippen molar-refractivity contribution in [3.63, 3.8) is 0 Å². The van der Waals surface area contributed by atoms with Crippen molar-refractivity contribution in [1.82, 2.24) is 10.2 Å². The predicted molar refractivity (Wildman–Crippen MR) is 108 cm³/mol. The first-order chi connectivity index (χ1) is 13.9. The van der Waals surface area contributed by atoms with Crippen LogP contribution in [-0.4, -0.2) is 48.9 Å². The van der Waals surface area contributed by atoms with Gasteiger partial charge in [-0.05, 0) is 24.3 Å². The normalized spacial score (nSPS) is 30.4. The van der Waals surface area contributed by atoms with E-state index in [9.17, 15) is 14.4 Å². The molecule has 0 aliphatic carbocycles. The van der Waals surface area contributed by atoms with Crippen molar-refractivity contribution >= 4 is 23.4 Å². The van der Waals surface area contributed by atoms with Crippen LogP contribution in [0, 0.1) is 17.8 Å².